The highest BCUT2D eigenvalue weighted by Gasteiger charge is 2.62. The van der Waals surface area contributed by atoms with Crippen LogP contribution in [0.1, 0.15) is 103 Å². The van der Waals surface area contributed by atoms with E-state index in [0.717, 1.165) is 61.5 Å². The number of benzene rings is 1. The van der Waals surface area contributed by atoms with Crippen LogP contribution in [0.4, 0.5) is 4.79 Å². The highest BCUT2D eigenvalue weighted by molar-refractivity contribution is 7.91. The molecule has 0 radical (unpaired) electrons. The van der Waals surface area contributed by atoms with Crippen molar-refractivity contribution in [3.05, 3.63) is 48.2 Å². The zero-order valence-electron chi connectivity index (χ0n) is 31.8. The first-order valence-corrected chi connectivity index (χ1v) is 21.9. The molecule has 5 atom stereocenters. The number of hydrogen-bond acceptors (Lipinski definition) is 10. The molecule has 0 unspecified atom stereocenters. The molecule has 3 saturated carbocycles. The SMILES string of the molecule is CCCc1cc(O[C@@H]2C[C@H]3C(=O)N[C@]4(C(=O)NS(=O)(=O)C5CC5)C[C@H]4C=CCCCCC[C@H](NC(=O)OC4CCCC4)C(=O)N3C2)n2nc3ccccc3c2n1. The molecule has 0 bridgehead atoms. The van der Waals surface area contributed by atoms with Crippen LogP contribution in [0.3, 0.4) is 0 Å². The van der Waals surface area contributed by atoms with Crippen molar-refractivity contribution in [2.24, 2.45) is 5.92 Å². The molecule has 2 aliphatic heterocycles. The van der Waals surface area contributed by atoms with Gasteiger partial charge in [-0.05, 0) is 82.8 Å². The van der Waals surface area contributed by atoms with Gasteiger partial charge < -0.3 is 25.0 Å². The van der Waals surface area contributed by atoms with Crippen molar-refractivity contribution in [1.82, 2.24) is 34.9 Å². The second-order valence-corrected chi connectivity index (χ2v) is 18.1. The molecule has 4 heterocycles. The van der Waals surface area contributed by atoms with E-state index in [2.05, 4.69) is 22.3 Å². The van der Waals surface area contributed by atoms with E-state index in [1.165, 1.54) is 4.90 Å². The maximum Gasteiger partial charge on any atom is 0.408 e. The lowest BCUT2D eigenvalue weighted by Crippen LogP contribution is -2.58. The van der Waals surface area contributed by atoms with Gasteiger partial charge in [0, 0.05) is 29.5 Å². The number of fused-ring (bicyclic) bond motifs is 5. The van der Waals surface area contributed by atoms with E-state index in [9.17, 15) is 27.6 Å². The van der Waals surface area contributed by atoms with Crippen molar-refractivity contribution in [2.75, 3.05) is 6.54 Å². The summed E-state index contributed by atoms with van der Waals surface area (Å²) in [5.74, 6) is -1.83. The van der Waals surface area contributed by atoms with Gasteiger partial charge in [-0.1, -0.05) is 50.5 Å². The standard InChI is InChI=1S/C40H51N7O8S/c1-2-12-26-21-34(47-35(41-26)30-16-10-11-17-31(30)44-47)54-28-22-33-36(48)43-40(38(50)45-56(52,53)29-19-20-29)23-25(40)13-6-4-3-5-7-18-32(37(49)46(33)24-28)42-39(51)55-27-14-8-9-15-27/h6,10-11,13,16-17,21,25,27-29,32-33H,2-5,7-9,12,14-15,18-20,22-24H2,1H3,(H,42,51)(H,43,48)(H,45,50)/t25-,28-,32+,33+,40-/m1/s1. The van der Waals surface area contributed by atoms with E-state index in [4.69, 9.17) is 19.6 Å². The average Bonchev–Trinajstić information content (AvgIpc) is 3.98. The maximum atomic E-state index is 14.6. The summed E-state index contributed by atoms with van der Waals surface area (Å²) in [6.07, 6.45) is 11.9. The van der Waals surface area contributed by atoms with Gasteiger partial charge in [-0.3, -0.25) is 19.1 Å². The van der Waals surface area contributed by atoms with Crippen LogP contribution in [-0.2, 0) is 35.6 Å². The van der Waals surface area contributed by atoms with Gasteiger partial charge in [-0.2, -0.15) is 9.61 Å². The van der Waals surface area contributed by atoms with Gasteiger partial charge in [-0.25, -0.2) is 18.2 Å². The Bertz CT molecular complexity index is 2150. The number of sulfonamides is 1. The number of aryl methyl sites for hydroxylation is 1. The van der Waals surface area contributed by atoms with Crippen molar-refractivity contribution in [1.29, 1.82) is 0 Å². The molecule has 15 nitrogen and oxygen atoms in total. The topological polar surface area (TPSA) is 190 Å². The average molecular weight is 790 g/mol. The summed E-state index contributed by atoms with van der Waals surface area (Å²) in [4.78, 5) is 62.4. The molecule has 0 spiro atoms. The lowest BCUT2D eigenvalue weighted by molar-refractivity contribution is -0.141. The van der Waals surface area contributed by atoms with Crippen LogP contribution in [0.2, 0.25) is 0 Å². The molecule has 3 aromatic rings. The molecule has 3 N–H and O–H groups in total. The molecular weight excluding hydrogens is 739 g/mol. The zero-order chi connectivity index (χ0) is 39.0. The van der Waals surface area contributed by atoms with E-state index < -0.39 is 68.7 Å². The third kappa shape index (κ3) is 7.94. The number of hydrogen-bond donors (Lipinski definition) is 3. The van der Waals surface area contributed by atoms with Crippen molar-refractivity contribution >= 4 is 50.4 Å². The Labute approximate surface area is 326 Å². The lowest BCUT2D eigenvalue weighted by atomic mass is 10.0. The van der Waals surface area contributed by atoms with Crippen molar-refractivity contribution in [2.45, 2.75) is 138 Å². The van der Waals surface area contributed by atoms with Crippen LogP contribution in [0.15, 0.2) is 42.5 Å². The highest BCUT2D eigenvalue weighted by Crippen LogP contribution is 2.46. The van der Waals surface area contributed by atoms with Gasteiger partial charge in [0.05, 0.1) is 17.3 Å². The molecule has 16 heteroatoms. The molecule has 2 aromatic heterocycles. The van der Waals surface area contributed by atoms with Gasteiger partial charge in [0.15, 0.2) is 5.65 Å². The largest absolute Gasteiger partial charge is 0.472 e. The number of amides is 4. The van der Waals surface area contributed by atoms with Gasteiger partial charge in [0.25, 0.3) is 5.91 Å². The van der Waals surface area contributed by atoms with Crippen LogP contribution in [0.5, 0.6) is 5.88 Å². The van der Waals surface area contributed by atoms with E-state index in [1.54, 1.807) is 4.52 Å². The Kier molecular flexibility index (Phi) is 10.7. The van der Waals surface area contributed by atoms with Crippen LogP contribution in [-0.4, -0.2) is 93.4 Å². The molecule has 56 heavy (non-hydrogen) atoms. The predicted molar refractivity (Wildman–Crippen MR) is 206 cm³/mol. The molecule has 3 aliphatic carbocycles. The third-order valence-electron chi connectivity index (χ3n) is 11.8. The summed E-state index contributed by atoms with van der Waals surface area (Å²) >= 11 is 0. The Hall–Kier alpha value is -4.73. The first-order chi connectivity index (χ1) is 27.0. The first kappa shape index (κ1) is 38.2. The second kappa shape index (κ2) is 15.7. The summed E-state index contributed by atoms with van der Waals surface area (Å²) in [6.45, 7) is 2.08. The summed E-state index contributed by atoms with van der Waals surface area (Å²) in [7, 11) is -3.89. The third-order valence-corrected chi connectivity index (χ3v) is 13.6. The van der Waals surface area contributed by atoms with Crippen molar-refractivity contribution in [3.8, 4) is 5.88 Å². The number of ether oxygens (including phenoxy) is 2. The summed E-state index contributed by atoms with van der Waals surface area (Å²) in [5, 5.41) is 10.8. The van der Waals surface area contributed by atoms with Crippen LogP contribution in [0.25, 0.3) is 16.6 Å². The fraction of sp³-hybridized carbons (Fsp3) is 0.600. The van der Waals surface area contributed by atoms with Gasteiger partial charge in [0.2, 0.25) is 27.7 Å². The zero-order valence-corrected chi connectivity index (χ0v) is 32.6. The number of nitrogens with zero attached hydrogens (tertiary/aromatic N) is 4. The van der Waals surface area contributed by atoms with Crippen LogP contribution < -0.4 is 20.1 Å². The predicted octanol–water partition coefficient (Wildman–Crippen LogP) is 4.22. The minimum atomic E-state index is -3.89. The summed E-state index contributed by atoms with van der Waals surface area (Å²) in [5.41, 5.74) is 0.698. The van der Waals surface area contributed by atoms with E-state index >= 15 is 0 Å². The number of nitrogens with one attached hydrogen (secondary N) is 3. The maximum absolute atomic E-state index is 14.6. The Morgan fingerprint density at radius 2 is 1.80 bits per heavy atom. The Morgan fingerprint density at radius 3 is 2.59 bits per heavy atom. The molecule has 1 saturated heterocycles. The summed E-state index contributed by atoms with van der Waals surface area (Å²) in [6, 6.07) is 7.46. The molecule has 8 rings (SSSR count). The smallest absolute Gasteiger partial charge is 0.408 e. The minimum absolute atomic E-state index is 0.0130. The molecule has 300 valence electrons. The number of allylic oxidation sites excluding steroid dienone is 1. The minimum Gasteiger partial charge on any atom is -0.472 e. The molecular formula is C40H51N7O8S. The Balaban J connectivity index is 1.11. The number of rotatable bonds is 9. The lowest BCUT2D eigenvalue weighted by Gasteiger charge is -2.30. The van der Waals surface area contributed by atoms with Crippen LogP contribution >= 0.6 is 0 Å². The number of alkyl carbamates (subject to hydrolysis) is 1. The van der Waals surface area contributed by atoms with Gasteiger partial charge in [0.1, 0.15) is 29.8 Å². The number of aromatic nitrogens is 3. The van der Waals surface area contributed by atoms with Crippen molar-refractivity contribution < 1.29 is 37.1 Å². The number of carbonyl (C=O) groups is 4. The quantitative estimate of drug-likeness (QED) is 0.265. The van der Waals surface area contributed by atoms with E-state index in [0.29, 0.717) is 50.1 Å². The second-order valence-electron chi connectivity index (χ2n) is 16.1. The molecule has 5 aliphatic rings. The van der Waals surface area contributed by atoms with Gasteiger partial charge >= 0.3 is 6.09 Å². The first-order valence-electron chi connectivity index (χ1n) is 20.3. The normalized spacial score (nSPS) is 27.6. The Morgan fingerprint density at radius 1 is 1.02 bits per heavy atom. The summed E-state index contributed by atoms with van der Waals surface area (Å²) < 4.78 is 42.0. The van der Waals surface area contributed by atoms with E-state index in [1.807, 2.05) is 42.5 Å². The molecule has 1 aromatic carbocycles. The van der Waals surface area contributed by atoms with Gasteiger partial charge in [-0.15, -0.1) is 0 Å². The fourth-order valence-electron chi connectivity index (χ4n) is 8.47. The van der Waals surface area contributed by atoms with E-state index in [-0.39, 0.29) is 25.5 Å². The van der Waals surface area contributed by atoms with Crippen LogP contribution in [0, 0.1) is 5.92 Å². The molecule has 4 fully saturated rings. The molecule has 4 amide bonds. The monoisotopic (exact) mass is 789 g/mol. The highest BCUT2D eigenvalue weighted by atomic mass is 32.2. The number of carbonyl (C=O) groups excluding carboxylic acids is 4. The fourth-order valence-corrected chi connectivity index (χ4v) is 9.84. The van der Waals surface area contributed by atoms with Crippen molar-refractivity contribution in [3.63, 3.8) is 0 Å².